The van der Waals surface area contributed by atoms with Gasteiger partial charge >= 0.3 is 0 Å². The van der Waals surface area contributed by atoms with E-state index in [4.69, 9.17) is 0 Å². The van der Waals surface area contributed by atoms with Gasteiger partial charge in [-0.2, -0.15) is 0 Å². The molecular weight excluding hydrogens is 229 g/mol. The van der Waals surface area contributed by atoms with Crippen LogP contribution in [0.2, 0.25) is 0 Å². The van der Waals surface area contributed by atoms with E-state index in [1.54, 1.807) is 12.3 Å². The second-order valence-electron chi connectivity index (χ2n) is 4.37. The van der Waals surface area contributed by atoms with Crippen molar-refractivity contribution in [1.82, 2.24) is 9.55 Å². The molecule has 0 spiro atoms. The fraction of sp³-hybridized carbons (Fsp3) is 0.357. The van der Waals surface area contributed by atoms with Crippen molar-refractivity contribution in [2.45, 2.75) is 33.4 Å². The second kappa shape index (κ2) is 5.67. The number of benzene rings is 1. The van der Waals surface area contributed by atoms with E-state index in [1.807, 2.05) is 19.2 Å². The third-order valence-corrected chi connectivity index (χ3v) is 2.83. The van der Waals surface area contributed by atoms with Crippen LogP contribution >= 0.6 is 0 Å². The largest absolute Gasteiger partial charge is 0.375 e. The van der Waals surface area contributed by atoms with E-state index < -0.39 is 0 Å². The Morgan fingerprint density at radius 3 is 3.00 bits per heavy atom. The van der Waals surface area contributed by atoms with Gasteiger partial charge in [-0.05, 0) is 31.0 Å². The molecule has 0 saturated heterocycles. The molecule has 0 unspecified atom stereocenters. The Bertz CT molecular complexity index is 520. The van der Waals surface area contributed by atoms with Crippen LogP contribution in [0.15, 0.2) is 30.6 Å². The third-order valence-electron chi connectivity index (χ3n) is 2.83. The maximum atomic E-state index is 13.6. The Morgan fingerprint density at radius 1 is 1.39 bits per heavy atom. The van der Waals surface area contributed by atoms with E-state index >= 15 is 0 Å². The Hall–Kier alpha value is -1.84. The van der Waals surface area contributed by atoms with E-state index in [0.717, 1.165) is 24.4 Å². The summed E-state index contributed by atoms with van der Waals surface area (Å²) in [6.07, 6.45) is 4.79. The lowest BCUT2D eigenvalue weighted by atomic mass is 10.2. The highest BCUT2D eigenvalue weighted by Gasteiger charge is 2.05. The van der Waals surface area contributed by atoms with Gasteiger partial charge in [-0.25, -0.2) is 9.37 Å². The van der Waals surface area contributed by atoms with Crippen LogP contribution in [0, 0.1) is 12.7 Å². The summed E-state index contributed by atoms with van der Waals surface area (Å²) in [7, 11) is 0. The summed E-state index contributed by atoms with van der Waals surface area (Å²) in [4.78, 5) is 4.28. The Labute approximate surface area is 107 Å². The number of nitrogens with zero attached hydrogens (tertiary/aromatic N) is 2. The molecule has 2 aromatic rings. The molecule has 0 bridgehead atoms. The highest BCUT2D eigenvalue weighted by Crippen LogP contribution is 2.16. The van der Waals surface area contributed by atoms with Gasteiger partial charge in [-0.3, -0.25) is 0 Å². The molecule has 3 nitrogen and oxygen atoms in total. The summed E-state index contributed by atoms with van der Waals surface area (Å²) in [5.41, 5.74) is 1.57. The number of anilines is 1. The number of imidazole rings is 1. The molecule has 18 heavy (non-hydrogen) atoms. The highest BCUT2D eigenvalue weighted by atomic mass is 19.1. The van der Waals surface area contributed by atoms with Crippen molar-refractivity contribution in [2.75, 3.05) is 5.32 Å². The van der Waals surface area contributed by atoms with Crippen LogP contribution in [0.5, 0.6) is 0 Å². The molecule has 2 rings (SSSR count). The van der Waals surface area contributed by atoms with Crippen LogP contribution in [0.4, 0.5) is 10.1 Å². The molecule has 1 aromatic heterocycles. The standard InChI is InChI=1S/C14H18FN3/c1-3-7-18-8-6-16-14(18)10-17-13-9-11(2)4-5-12(13)15/h4-6,8-9,17H,3,7,10H2,1-2H3. The van der Waals surface area contributed by atoms with Crippen LogP contribution in [-0.4, -0.2) is 9.55 Å². The van der Waals surface area contributed by atoms with Crippen LogP contribution in [-0.2, 0) is 13.1 Å². The zero-order valence-corrected chi connectivity index (χ0v) is 10.8. The minimum absolute atomic E-state index is 0.228. The van der Waals surface area contributed by atoms with Gasteiger partial charge in [-0.15, -0.1) is 0 Å². The lowest BCUT2D eigenvalue weighted by Crippen LogP contribution is -2.09. The summed E-state index contributed by atoms with van der Waals surface area (Å²) in [5.74, 6) is 0.701. The normalized spacial score (nSPS) is 10.6. The number of nitrogens with one attached hydrogen (secondary N) is 1. The fourth-order valence-corrected chi connectivity index (χ4v) is 1.90. The van der Waals surface area contributed by atoms with Gasteiger partial charge in [0.15, 0.2) is 0 Å². The van der Waals surface area contributed by atoms with Gasteiger partial charge in [0.2, 0.25) is 0 Å². The summed E-state index contributed by atoms with van der Waals surface area (Å²) in [5, 5.41) is 3.10. The monoisotopic (exact) mass is 247 g/mol. The van der Waals surface area contributed by atoms with Crippen molar-refractivity contribution >= 4 is 5.69 Å². The minimum atomic E-state index is -0.228. The molecule has 1 heterocycles. The van der Waals surface area contributed by atoms with Crippen LogP contribution in [0.25, 0.3) is 0 Å². The van der Waals surface area contributed by atoms with Crippen molar-refractivity contribution < 1.29 is 4.39 Å². The van der Waals surface area contributed by atoms with Crippen molar-refractivity contribution in [1.29, 1.82) is 0 Å². The minimum Gasteiger partial charge on any atom is -0.375 e. The average molecular weight is 247 g/mol. The first kappa shape index (κ1) is 12.6. The molecule has 4 heteroatoms. The lowest BCUT2D eigenvalue weighted by Gasteiger charge is -2.10. The molecule has 0 fully saturated rings. The van der Waals surface area contributed by atoms with Gasteiger partial charge < -0.3 is 9.88 Å². The number of aromatic nitrogens is 2. The first-order chi connectivity index (χ1) is 8.70. The third kappa shape index (κ3) is 2.88. The van der Waals surface area contributed by atoms with Gasteiger partial charge in [0, 0.05) is 18.9 Å². The molecule has 0 aliphatic rings. The summed E-state index contributed by atoms with van der Waals surface area (Å²) in [6, 6.07) is 5.05. The van der Waals surface area contributed by atoms with Gasteiger partial charge in [-0.1, -0.05) is 13.0 Å². The van der Waals surface area contributed by atoms with E-state index in [9.17, 15) is 4.39 Å². The van der Waals surface area contributed by atoms with Crippen LogP contribution in [0.1, 0.15) is 24.7 Å². The molecule has 1 N–H and O–H groups in total. The van der Waals surface area contributed by atoms with E-state index in [0.29, 0.717) is 12.2 Å². The SMILES string of the molecule is CCCn1ccnc1CNc1cc(C)ccc1F. The van der Waals surface area contributed by atoms with E-state index in [1.165, 1.54) is 6.07 Å². The molecular formula is C14H18FN3. The zero-order chi connectivity index (χ0) is 13.0. The molecule has 96 valence electrons. The lowest BCUT2D eigenvalue weighted by molar-refractivity contribution is 0.624. The molecule has 1 aromatic carbocycles. The summed E-state index contributed by atoms with van der Waals surface area (Å²) < 4.78 is 15.6. The first-order valence-electron chi connectivity index (χ1n) is 6.20. The summed E-state index contributed by atoms with van der Waals surface area (Å²) >= 11 is 0. The molecule has 0 atom stereocenters. The maximum Gasteiger partial charge on any atom is 0.146 e. The molecule has 0 saturated carbocycles. The molecule has 0 amide bonds. The predicted octanol–water partition coefficient (Wildman–Crippen LogP) is 3.35. The average Bonchev–Trinajstić information content (AvgIpc) is 2.78. The van der Waals surface area contributed by atoms with Gasteiger partial charge in [0.1, 0.15) is 11.6 Å². The van der Waals surface area contributed by atoms with Gasteiger partial charge in [0.05, 0.1) is 12.2 Å². The van der Waals surface area contributed by atoms with Gasteiger partial charge in [0.25, 0.3) is 0 Å². The predicted molar refractivity (Wildman–Crippen MR) is 71.0 cm³/mol. The number of aryl methyl sites for hydroxylation is 2. The number of hydrogen-bond donors (Lipinski definition) is 1. The van der Waals surface area contributed by atoms with Crippen LogP contribution in [0.3, 0.4) is 0 Å². The summed E-state index contributed by atoms with van der Waals surface area (Å²) in [6.45, 7) is 5.54. The Balaban J connectivity index is 2.06. The van der Waals surface area contributed by atoms with Crippen molar-refractivity contribution in [2.24, 2.45) is 0 Å². The van der Waals surface area contributed by atoms with Crippen molar-refractivity contribution in [3.8, 4) is 0 Å². The topological polar surface area (TPSA) is 29.9 Å². The van der Waals surface area contributed by atoms with E-state index in [2.05, 4.69) is 21.8 Å². The number of halogens is 1. The maximum absolute atomic E-state index is 13.6. The Kier molecular flexibility index (Phi) is 3.97. The molecule has 0 aliphatic heterocycles. The second-order valence-corrected chi connectivity index (χ2v) is 4.37. The zero-order valence-electron chi connectivity index (χ0n) is 10.8. The van der Waals surface area contributed by atoms with Crippen molar-refractivity contribution in [3.63, 3.8) is 0 Å². The highest BCUT2D eigenvalue weighted by molar-refractivity contribution is 5.47. The molecule has 0 aliphatic carbocycles. The number of hydrogen-bond acceptors (Lipinski definition) is 2. The smallest absolute Gasteiger partial charge is 0.146 e. The van der Waals surface area contributed by atoms with Crippen LogP contribution < -0.4 is 5.32 Å². The van der Waals surface area contributed by atoms with E-state index in [-0.39, 0.29) is 5.82 Å². The quantitative estimate of drug-likeness (QED) is 0.878. The van der Waals surface area contributed by atoms with Crippen molar-refractivity contribution in [3.05, 3.63) is 47.8 Å². The Morgan fingerprint density at radius 2 is 2.22 bits per heavy atom. The number of rotatable bonds is 5. The first-order valence-corrected chi connectivity index (χ1v) is 6.20. The molecule has 0 radical (unpaired) electrons. The fourth-order valence-electron chi connectivity index (χ4n) is 1.90.